The van der Waals surface area contributed by atoms with Gasteiger partial charge in [0.2, 0.25) is 5.88 Å². The largest absolute Gasteiger partial charge is 0.438 e. The van der Waals surface area contributed by atoms with E-state index in [1.54, 1.807) is 0 Å². The van der Waals surface area contributed by atoms with E-state index < -0.39 is 11.7 Å². The first kappa shape index (κ1) is 12.9. The van der Waals surface area contributed by atoms with E-state index in [1.165, 1.54) is 36.5 Å². The molecule has 3 nitrogen and oxygen atoms in total. The van der Waals surface area contributed by atoms with E-state index in [2.05, 4.69) is 4.98 Å². The van der Waals surface area contributed by atoms with Crippen molar-refractivity contribution in [1.29, 1.82) is 5.26 Å². The lowest BCUT2D eigenvalue weighted by atomic mass is 10.2. The number of hydrogen-bond acceptors (Lipinski definition) is 3. The van der Waals surface area contributed by atoms with Crippen LogP contribution in [0.4, 0.5) is 13.2 Å². The van der Waals surface area contributed by atoms with Gasteiger partial charge in [-0.1, -0.05) is 12.1 Å². The van der Waals surface area contributed by atoms with Crippen LogP contribution in [-0.2, 0) is 6.18 Å². The van der Waals surface area contributed by atoms with Gasteiger partial charge < -0.3 is 4.74 Å². The van der Waals surface area contributed by atoms with E-state index in [0.29, 0.717) is 0 Å². The molecule has 0 aliphatic carbocycles. The van der Waals surface area contributed by atoms with Gasteiger partial charge in [-0.25, -0.2) is 4.98 Å². The lowest BCUT2D eigenvalue weighted by molar-refractivity contribution is -0.138. The SMILES string of the molecule is N#Cc1ccnc(Oc2ccccc2C(F)(F)F)c1. The van der Waals surface area contributed by atoms with E-state index in [0.717, 1.165) is 6.07 Å². The summed E-state index contributed by atoms with van der Waals surface area (Å²) in [4.78, 5) is 3.77. The Morgan fingerprint density at radius 1 is 1.16 bits per heavy atom. The second-order valence-corrected chi connectivity index (χ2v) is 3.59. The fourth-order valence-electron chi connectivity index (χ4n) is 1.44. The van der Waals surface area contributed by atoms with E-state index in [1.807, 2.05) is 6.07 Å². The third kappa shape index (κ3) is 3.01. The number of aromatic nitrogens is 1. The van der Waals surface area contributed by atoms with Gasteiger partial charge in [-0.05, 0) is 18.2 Å². The molecule has 0 aliphatic rings. The zero-order valence-electron chi connectivity index (χ0n) is 9.48. The van der Waals surface area contributed by atoms with Crippen molar-refractivity contribution < 1.29 is 17.9 Å². The Morgan fingerprint density at radius 3 is 2.58 bits per heavy atom. The molecule has 19 heavy (non-hydrogen) atoms. The summed E-state index contributed by atoms with van der Waals surface area (Å²) in [6.07, 6.45) is -3.21. The molecule has 1 aromatic carbocycles. The van der Waals surface area contributed by atoms with Crippen LogP contribution in [0.3, 0.4) is 0 Å². The highest BCUT2D eigenvalue weighted by Gasteiger charge is 2.34. The highest BCUT2D eigenvalue weighted by molar-refractivity contribution is 5.39. The summed E-state index contributed by atoms with van der Waals surface area (Å²) >= 11 is 0. The quantitative estimate of drug-likeness (QED) is 0.829. The molecule has 0 unspecified atom stereocenters. The van der Waals surface area contributed by atoms with Crippen molar-refractivity contribution >= 4 is 0 Å². The molecule has 0 amide bonds. The summed E-state index contributed by atoms with van der Waals surface area (Å²) < 4.78 is 43.3. The number of pyridine rings is 1. The van der Waals surface area contributed by atoms with Gasteiger partial charge >= 0.3 is 6.18 Å². The summed E-state index contributed by atoms with van der Waals surface area (Å²) in [7, 11) is 0. The molecule has 1 aromatic heterocycles. The van der Waals surface area contributed by atoms with Crippen LogP contribution in [0.2, 0.25) is 0 Å². The van der Waals surface area contributed by atoms with E-state index in [-0.39, 0.29) is 17.2 Å². The third-order valence-electron chi connectivity index (χ3n) is 2.27. The minimum atomic E-state index is -4.51. The number of rotatable bonds is 2. The highest BCUT2D eigenvalue weighted by Crippen LogP contribution is 2.37. The number of hydrogen-bond donors (Lipinski definition) is 0. The van der Waals surface area contributed by atoms with Gasteiger partial charge in [0.25, 0.3) is 0 Å². The molecule has 0 saturated carbocycles. The summed E-state index contributed by atoms with van der Waals surface area (Å²) in [6.45, 7) is 0. The number of nitriles is 1. The molecule has 0 atom stereocenters. The molecular weight excluding hydrogens is 257 g/mol. The topological polar surface area (TPSA) is 45.9 Å². The maximum atomic E-state index is 12.7. The molecule has 6 heteroatoms. The average molecular weight is 264 g/mol. The van der Waals surface area contributed by atoms with Gasteiger partial charge in [0.05, 0.1) is 17.2 Å². The molecule has 2 aromatic rings. The van der Waals surface area contributed by atoms with E-state index in [9.17, 15) is 13.2 Å². The Balaban J connectivity index is 2.36. The van der Waals surface area contributed by atoms with Crippen LogP contribution in [0.25, 0.3) is 0 Å². The average Bonchev–Trinajstić information content (AvgIpc) is 2.38. The van der Waals surface area contributed by atoms with Crippen molar-refractivity contribution in [2.45, 2.75) is 6.18 Å². The number of nitrogens with zero attached hydrogens (tertiary/aromatic N) is 2. The lowest BCUT2D eigenvalue weighted by Gasteiger charge is -2.12. The van der Waals surface area contributed by atoms with Gasteiger partial charge in [-0.3, -0.25) is 0 Å². The highest BCUT2D eigenvalue weighted by atomic mass is 19.4. The van der Waals surface area contributed by atoms with Crippen LogP contribution in [-0.4, -0.2) is 4.98 Å². The van der Waals surface area contributed by atoms with E-state index >= 15 is 0 Å². The predicted octanol–water partition coefficient (Wildman–Crippen LogP) is 3.76. The Labute approximate surface area is 106 Å². The molecule has 0 fully saturated rings. The normalized spacial score (nSPS) is 10.8. The summed E-state index contributed by atoms with van der Waals surface area (Å²) in [5, 5.41) is 8.70. The maximum absolute atomic E-state index is 12.7. The molecule has 0 aliphatic heterocycles. The molecule has 0 radical (unpaired) electrons. The minimum absolute atomic E-state index is 0.0595. The fourth-order valence-corrected chi connectivity index (χ4v) is 1.44. The maximum Gasteiger partial charge on any atom is 0.419 e. The van der Waals surface area contributed by atoms with Crippen molar-refractivity contribution in [3.05, 3.63) is 53.7 Å². The fraction of sp³-hybridized carbons (Fsp3) is 0.0769. The number of halogens is 3. The van der Waals surface area contributed by atoms with Crippen molar-refractivity contribution in [2.24, 2.45) is 0 Å². The van der Waals surface area contributed by atoms with Gasteiger partial charge in [0, 0.05) is 12.3 Å². The van der Waals surface area contributed by atoms with Gasteiger partial charge in [0.1, 0.15) is 5.75 Å². The predicted molar refractivity (Wildman–Crippen MR) is 60.5 cm³/mol. The minimum Gasteiger partial charge on any atom is -0.438 e. The Kier molecular flexibility index (Phi) is 3.38. The van der Waals surface area contributed by atoms with Crippen LogP contribution >= 0.6 is 0 Å². The van der Waals surface area contributed by atoms with Crippen LogP contribution in [0.5, 0.6) is 11.6 Å². The first-order valence-electron chi connectivity index (χ1n) is 5.21. The molecule has 2 rings (SSSR count). The smallest absolute Gasteiger partial charge is 0.419 e. The molecule has 0 bridgehead atoms. The van der Waals surface area contributed by atoms with Gasteiger partial charge in [-0.15, -0.1) is 0 Å². The standard InChI is InChI=1S/C13H7F3N2O/c14-13(15,16)10-3-1-2-4-11(10)19-12-7-9(8-17)5-6-18-12/h1-7H. The Morgan fingerprint density at radius 2 is 1.89 bits per heavy atom. The summed E-state index contributed by atoms with van der Waals surface area (Å²) in [5.41, 5.74) is -0.631. The number of alkyl halides is 3. The number of para-hydroxylation sites is 1. The van der Waals surface area contributed by atoms with E-state index in [4.69, 9.17) is 10.00 Å². The monoisotopic (exact) mass is 264 g/mol. The molecule has 0 saturated heterocycles. The lowest BCUT2D eigenvalue weighted by Crippen LogP contribution is -2.07. The summed E-state index contributed by atoms with van der Waals surface area (Å²) in [5.74, 6) is -0.409. The second kappa shape index (κ2) is 4.98. The van der Waals surface area contributed by atoms with Crippen LogP contribution in [0.15, 0.2) is 42.6 Å². The zero-order valence-corrected chi connectivity index (χ0v) is 9.48. The second-order valence-electron chi connectivity index (χ2n) is 3.59. The van der Waals surface area contributed by atoms with Gasteiger partial charge in [-0.2, -0.15) is 18.4 Å². The van der Waals surface area contributed by atoms with Crippen molar-refractivity contribution in [2.75, 3.05) is 0 Å². The summed E-state index contributed by atoms with van der Waals surface area (Å²) in [6, 6.07) is 9.38. The molecule has 0 N–H and O–H groups in total. The number of ether oxygens (including phenoxy) is 1. The van der Waals surface area contributed by atoms with Gasteiger partial charge in [0.15, 0.2) is 0 Å². The van der Waals surface area contributed by atoms with Crippen molar-refractivity contribution in [1.82, 2.24) is 4.98 Å². The molecule has 96 valence electrons. The first-order chi connectivity index (χ1) is 9.00. The zero-order chi connectivity index (χ0) is 13.9. The van der Waals surface area contributed by atoms with Crippen LogP contribution in [0.1, 0.15) is 11.1 Å². The number of benzene rings is 1. The Hall–Kier alpha value is -2.55. The molecule has 1 heterocycles. The molecular formula is C13H7F3N2O. The first-order valence-corrected chi connectivity index (χ1v) is 5.21. The molecule has 0 spiro atoms. The van der Waals surface area contributed by atoms with Crippen molar-refractivity contribution in [3.8, 4) is 17.7 Å². The van der Waals surface area contributed by atoms with Crippen LogP contribution in [0, 0.1) is 11.3 Å². The Bertz CT molecular complexity index is 632. The van der Waals surface area contributed by atoms with Crippen LogP contribution < -0.4 is 4.74 Å². The van der Waals surface area contributed by atoms with Crippen molar-refractivity contribution in [3.63, 3.8) is 0 Å². The third-order valence-corrected chi connectivity index (χ3v) is 2.27.